The fraction of sp³-hybridized carbons (Fsp3) is 0.385. The second-order valence-electron chi connectivity index (χ2n) is 3.92. The summed E-state index contributed by atoms with van der Waals surface area (Å²) in [4.78, 5) is 11.4. The molecule has 1 unspecified atom stereocenters. The molecule has 1 aromatic carbocycles. The Labute approximate surface area is 112 Å². The van der Waals surface area contributed by atoms with Gasteiger partial charge in [0.15, 0.2) is 6.61 Å². The lowest BCUT2D eigenvalue weighted by Gasteiger charge is -2.14. The van der Waals surface area contributed by atoms with Gasteiger partial charge in [-0.25, -0.2) is 0 Å². The number of hydrogen-bond donors (Lipinski definition) is 2. The molecule has 1 atom stereocenters. The van der Waals surface area contributed by atoms with Crippen LogP contribution < -0.4 is 20.5 Å². The smallest absolute Gasteiger partial charge is 0.258 e. The molecule has 0 saturated heterocycles. The number of nitrogens with two attached hydrogens (primary N) is 1. The van der Waals surface area contributed by atoms with E-state index < -0.39 is 0 Å². The lowest BCUT2D eigenvalue weighted by molar-refractivity contribution is -0.122. The highest BCUT2D eigenvalue weighted by Gasteiger charge is 2.11. The highest BCUT2D eigenvalue weighted by molar-refractivity contribution is 5.77. The molecule has 3 N–H and O–H groups in total. The Hall–Kier alpha value is -2.26. The largest absolute Gasteiger partial charge is 0.497 e. The van der Waals surface area contributed by atoms with Crippen LogP contribution in [-0.2, 0) is 4.79 Å². The number of rotatable bonds is 6. The van der Waals surface area contributed by atoms with Gasteiger partial charge in [-0.2, -0.15) is 5.26 Å². The van der Waals surface area contributed by atoms with Gasteiger partial charge in [0, 0.05) is 17.7 Å². The Morgan fingerprint density at radius 1 is 1.58 bits per heavy atom. The average Bonchev–Trinajstić information content (AvgIpc) is 2.42. The lowest BCUT2D eigenvalue weighted by atomic mass is 10.1. The van der Waals surface area contributed by atoms with Crippen LogP contribution in [0.3, 0.4) is 0 Å². The quantitative estimate of drug-likeness (QED) is 0.737. The molecule has 0 aliphatic heterocycles. The van der Waals surface area contributed by atoms with Crippen LogP contribution in [0.4, 0.5) is 0 Å². The van der Waals surface area contributed by atoms with Gasteiger partial charge in [-0.1, -0.05) is 6.07 Å². The van der Waals surface area contributed by atoms with Gasteiger partial charge in [-0.05, 0) is 13.0 Å². The molecule has 102 valence electrons. The third-order valence-electron chi connectivity index (χ3n) is 2.43. The number of nitrogens with zero attached hydrogens (tertiary/aromatic N) is 1. The molecule has 19 heavy (non-hydrogen) atoms. The first-order chi connectivity index (χ1) is 9.08. The lowest BCUT2D eigenvalue weighted by Crippen LogP contribution is -2.29. The van der Waals surface area contributed by atoms with Crippen molar-refractivity contribution in [2.45, 2.75) is 13.0 Å². The Morgan fingerprint density at radius 2 is 2.32 bits per heavy atom. The summed E-state index contributed by atoms with van der Waals surface area (Å²) in [7, 11) is 1.55. The fourth-order valence-corrected chi connectivity index (χ4v) is 1.48. The van der Waals surface area contributed by atoms with Gasteiger partial charge in [0.25, 0.3) is 5.91 Å². The maximum Gasteiger partial charge on any atom is 0.258 e. The molecule has 0 saturated carbocycles. The van der Waals surface area contributed by atoms with Crippen LogP contribution in [0.15, 0.2) is 18.2 Å². The van der Waals surface area contributed by atoms with Crippen LogP contribution >= 0.6 is 0 Å². The number of carbonyl (C=O) groups excluding carboxylic acids is 1. The Morgan fingerprint density at radius 3 is 2.89 bits per heavy atom. The predicted molar refractivity (Wildman–Crippen MR) is 69.7 cm³/mol. The summed E-state index contributed by atoms with van der Waals surface area (Å²) in [5.74, 6) is 0.762. The monoisotopic (exact) mass is 263 g/mol. The van der Waals surface area contributed by atoms with Crippen molar-refractivity contribution in [1.82, 2.24) is 5.32 Å². The van der Waals surface area contributed by atoms with Gasteiger partial charge in [0.05, 0.1) is 13.2 Å². The number of hydrogen-bond acceptors (Lipinski definition) is 5. The summed E-state index contributed by atoms with van der Waals surface area (Å²) in [5.41, 5.74) is 6.61. The van der Waals surface area contributed by atoms with Gasteiger partial charge >= 0.3 is 0 Å². The second-order valence-corrected chi connectivity index (χ2v) is 3.92. The minimum Gasteiger partial charge on any atom is -0.497 e. The summed E-state index contributed by atoms with van der Waals surface area (Å²) in [6, 6.07) is 6.85. The number of carbonyl (C=O) groups is 1. The van der Waals surface area contributed by atoms with Crippen molar-refractivity contribution < 1.29 is 14.3 Å². The van der Waals surface area contributed by atoms with E-state index in [0.29, 0.717) is 11.5 Å². The van der Waals surface area contributed by atoms with Crippen molar-refractivity contribution in [3.63, 3.8) is 0 Å². The molecule has 1 rings (SSSR count). The predicted octanol–water partition coefficient (Wildman–Crippen LogP) is 0.733. The average molecular weight is 263 g/mol. The molecular weight excluding hydrogens is 246 g/mol. The van der Waals surface area contributed by atoms with Crippen LogP contribution in [0, 0.1) is 11.3 Å². The van der Waals surface area contributed by atoms with Gasteiger partial charge in [0.1, 0.15) is 18.0 Å². The van der Waals surface area contributed by atoms with Crippen molar-refractivity contribution >= 4 is 5.91 Å². The maximum atomic E-state index is 11.4. The molecule has 0 aromatic heterocycles. The first-order valence-corrected chi connectivity index (χ1v) is 5.78. The van der Waals surface area contributed by atoms with Crippen LogP contribution in [0.25, 0.3) is 0 Å². The Balaban J connectivity index is 2.75. The van der Waals surface area contributed by atoms with E-state index in [-0.39, 0.29) is 25.1 Å². The van der Waals surface area contributed by atoms with Crippen LogP contribution in [0.1, 0.15) is 18.5 Å². The molecule has 0 fully saturated rings. The van der Waals surface area contributed by atoms with E-state index in [4.69, 9.17) is 20.5 Å². The molecule has 6 heteroatoms. The number of nitrogens with one attached hydrogen (secondary N) is 1. The van der Waals surface area contributed by atoms with Crippen molar-refractivity contribution in [3.05, 3.63) is 23.8 Å². The van der Waals surface area contributed by atoms with Gasteiger partial charge in [-0.15, -0.1) is 0 Å². The highest BCUT2D eigenvalue weighted by atomic mass is 16.5. The van der Waals surface area contributed by atoms with Crippen molar-refractivity contribution in [2.75, 3.05) is 20.3 Å². The standard InChI is InChI=1S/C13H17N3O3/c1-9(15)11-4-3-10(18-2)7-12(11)19-8-13(17)16-6-5-14/h3-4,7,9H,6,8,15H2,1-2H3,(H,16,17). The summed E-state index contributed by atoms with van der Waals surface area (Å²) < 4.78 is 10.5. The zero-order valence-corrected chi connectivity index (χ0v) is 11.0. The number of nitriles is 1. The molecule has 0 bridgehead atoms. The van der Waals surface area contributed by atoms with Crippen molar-refractivity contribution in [2.24, 2.45) is 5.73 Å². The summed E-state index contributed by atoms with van der Waals surface area (Å²) >= 11 is 0. The molecule has 0 aliphatic rings. The van der Waals surface area contributed by atoms with Gasteiger partial charge in [0.2, 0.25) is 0 Å². The van der Waals surface area contributed by atoms with E-state index in [1.807, 2.05) is 13.0 Å². The first-order valence-electron chi connectivity index (χ1n) is 5.78. The second kappa shape index (κ2) is 7.24. The van der Waals surface area contributed by atoms with Gasteiger partial charge < -0.3 is 20.5 Å². The summed E-state index contributed by atoms with van der Waals surface area (Å²) in [5, 5.41) is 10.7. The van der Waals surface area contributed by atoms with Crippen LogP contribution in [0.5, 0.6) is 11.5 Å². The molecule has 0 radical (unpaired) electrons. The molecule has 0 spiro atoms. The van der Waals surface area contributed by atoms with E-state index in [9.17, 15) is 4.79 Å². The maximum absolute atomic E-state index is 11.4. The first kappa shape index (κ1) is 14.8. The minimum atomic E-state index is -0.361. The zero-order valence-electron chi connectivity index (χ0n) is 11.0. The molecule has 6 nitrogen and oxygen atoms in total. The normalized spacial score (nSPS) is 11.3. The minimum absolute atomic E-state index is 0.0412. The summed E-state index contributed by atoms with van der Waals surface area (Å²) in [6.07, 6.45) is 0. The third kappa shape index (κ3) is 4.48. The fourth-order valence-electron chi connectivity index (χ4n) is 1.48. The number of methoxy groups -OCH3 is 1. The van der Waals surface area contributed by atoms with Crippen molar-refractivity contribution in [3.8, 4) is 17.6 Å². The zero-order chi connectivity index (χ0) is 14.3. The number of ether oxygens (including phenoxy) is 2. The molecule has 1 amide bonds. The van der Waals surface area contributed by atoms with E-state index in [2.05, 4.69) is 5.32 Å². The number of amides is 1. The van der Waals surface area contributed by atoms with Crippen LogP contribution in [-0.4, -0.2) is 26.2 Å². The highest BCUT2D eigenvalue weighted by Crippen LogP contribution is 2.28. The SMILES string of the molecule is COc1ccc(C(C)N)c(OCC(=O)NCC#N)c1. The third-order valence-corrected chi connectivity index (χ3v) is 2.43. The van der Waals surface area contributed by atoms with Crippen LogP contribution in [0.2, 0.25) is 0 Å². The Bertz CT molecular complexity index is 481. The van der Waals surface area contributed by atoms with Gasteiger partial charge in [-0.3, -0.25) is 4.79 Å². The summed E-state index contributed by atoms with van der Waals surface area (Å²) in [6.45, 7) is 1.61. The van der Waals surface area contributed by atoms with E-state index in [0.717, 1.165) is 5.56 Å². The molecule has 1 aromatic rings. The molecule has 0 aliphatic carbocycles. The molecule has 0 heterocycles. The van der Waals surface area contributed by atoms with Crippen molar-refractivity contribution in [1.29, 1.82) is 5.26 Å². The van der Waals surface area contributed by atoms with E-state index in [1.165, 1.54) is 0 Å². The van der Waals surface area contributed by atoms with E-state index >= 15 is 0 Å². The molecular formula is C13H17N3O3. The Kier molecular flexibility index (Phi) is 5.64. The number of benzene rings is 1. The topological polar surface area (TPSA) is 97.4 Å². The van der Waals surface area contributed by atoms with E-state index in [1.54, 1.807) is 25.3 Å².